The van der Waals surface area contributed by atoms with Crippen LogP contribution in [0.4, 0.5) is 5.95 Å². The lowest BCUT2D eigenvalue weighted by molar-refractivity contribution is 0.0697. The number of benzene rings is 1. The van der Waals surface area contributed by atoms with E-state index >= 15 is 0 Å². The van der Waals surface area contributed by atoms with Crippen LogP contribution in [-0.4, -0.2) is 39.3 Å². The lowest BCUT2D eigenvalue weighted by Gasteiger charge is -1.96. The predicted octanol–water partition coefficient (Wildman–Crippen LogP) is 0.665. The predicted molar refractivity (Wildman–Crippen MR) is 58.6 cm³/mol. The molecule has 0 radical (unpaired) electrons. The van der Waals surface area contributed by atoms with Gasteiger partial charge in [-0.15, -0.1) is 0 Å². The van der Waals surface area contributed by atoms with E-state index in [9.17, 15) is 4.79 Å². The molecule has 2 rings (SSSR count). The standard InChI is InChI=1S/C10H11N3O3/c14-4-3-11-10-12-7-2-1-6(9(15)16)5-8(7)13-10/h1-2,5,14H,3-4H2,(H,15,16)(H2,11,12,13). The van der Waals surface area contributed by atoms with Crippen molar-refractivity contribution >= 4 is 23.0 Å². The van der Waals surface area contributed by atoms with Crippen molar-refractivity contribution in [3.63, 3.8) is 0 Å². The van der Waals surface area contributed by atoms with Crippen LogP contribution >= 0.6 is 0 Å². The van der Waals surface area contributed by atoms with Crippen molar-refractivity contribution < 1.29 is 15.0 Å². The number of carboxylic acids is 1. The Hall–Kier alpha value is -2.08. The zero-order valence-electron chi connectivity index (χ0n) is 8.40. The van der Waals surface area contributed by atoms with Crippen LogP contribution in [-0.2, 0) is 0 Å². The molecule has 6 heteroatoms. The molecule has 16 heavy (non-hydrogen) atoms. The summed E-state index contributed by atoms with van der Waals surface area (Å²) in [4.78, 5) is 17.8. The number of nitrogens with one attached hydrogen (secondary N) is 2. The normalized spacial score (nSPS) is 10.6. The third-order valence-corrected chi connectivity index (χ3v) is 2.13. The van der Waals surface area contributed by atoms with Crippen LogP contribution in [0.5, 0.6) is 0 Å². The molecule has 1 aromatic heterocycles. The highest BCUT2D eigenvalue weighted by Gasteiger charge is 2.06. The topological polar surface area (TPSA) is 98.2 Å². The second-order valence-electron chi connectivity index (χ2n) is 3.27. The van der Waals surface area contributed by atoms with E-state index in [2.05, 4.69) is 15.3 Å². The summed E-state index contributed by atoms with van der Waals surface area (Å²) in [6.45, 7) is 0.406. The minimum Gasteiger partial charge on any atom is -0.478 e. The molecule has 84 valence electrons. The summed E-state index contributed by atoms with van der Waals surface area (Å²) < 4.78 is 0. The van der Waals surface area contributed by atoms with E-state index in [0.717, 1.165) is 0 Å². The molecule has 0 unspecified atom stereocenters. The second-order valence-corrected chi connectivity index (χ2v) is 3.27. The number of H-pyrrole nitrogens is 1. The molecule has 0 saturated heterocycles. The van der Waals surface area contributed by atoms with E-state index in [1.807, 2.05) is 0 Å². The van der Waals surface area contributed by atoms with Gasteiger partial charge in [-0.2, -0.15) is 0 Å². The highest BCUT2D eigenvalue weighted by Crippen LogP contribution is 2.15. The summed E-state index contributed by atoms with van der Waals surface area (Å²) in [6.07, 6.45) is 0. The van der Waals surface area contributed by atoms with Crippen LogP contribution in [0.3, 0.4) is 0 Å². The number of imidazole rings is 1. The van der Waals surface area contributed by atoms with Crippen LogP contribution in [0.25, 0.3) is 11.0 Å². The van der Waals surface area contributed by atoms with Gasteiger partial charge < -0.3 is 20.5 Å². The largest absolute Gasteiger partial charge is 0.478 e. The molecule has 0 aliphatic rings. The van der Waals surface area contributed by atoms with Gasteiger partial charge in [-0.3, -0.25) is 0 Å². The number of carboxylic acid groups (broad SMARTS) is 1. The highest BCUT2D eigenvalue weighted by atomic mass is 16.4. The van der Waals surface area contributed by atoms with Gasteiger partial charge in [-0.1, -0.05) is 0 Å². The Morgan fingerprint density at radius 3 is 3.00 bits per heavy atom. The third-order valence-electron chi connectivity index (χ3n) is 2.13. The number of rotatable bonds is 4. The summed E-state index contributed by atoms with van der Waals surface area (Å²) in [5, 5.41) is 20.3. The number of aliphatic hydroxyl groups excluding tert-OH is 1. The van der Waals surface area contributed by atoms with Crippen molar-refractivity contribution in [1.82, 2.24) is 9.97 Å². The van der Waals surface area contributed by atoms with Gasteiger partial charge in [0.2, 0.25) is 5.95 Å². The average molecular weight is 221 g/mol. The zero-order chi connectivity index (χ0) is 11.5. The lowest BCUT2D eigenvalue weighted by atomic mass is 10.2. The van der Waals surface area contributed by atoms with Gasteiger partial charge in [0, 0.05) is 6.54 Å². The smallest absolute Gasteiger partial charge is 0.335 e. The molecule has 0 fully saturated rings. The van der Waals surface area contributed by atoms with Gasteiger partial charge in [0.1, 0.15) is 0 Å². The molecule has 4 N–H and O–H groups in total. The van der Waals surface area contributed by atoms with Gasteiger partial charge in [-0.25, -0.2) is 9.78 Å². The second kappa shape index (κ2) is 4.19. The Labute approximate surface area is 90.9 Å². The first-order valence-corrected chi connectivity index (χ1v) is 4.78. The quantitative estimate of drug-likeness (QED) is 0.608. The van der Waals surface area contributed by atoms with Crippen LogP contribution in [0, 0.1) is 0 Å². The van der Waals surface area contributed by atoms with Crippen molar-refractivity contribution in [3.05, 3.63) is 23.8 Å². The van der Waals surface area contributed by atoms with E-state index in [1.54, 1.807) is 6.07 Å². The Kier molecular flexibility index (Phi) is 2.74. The van der Waals surface area contributed by atoms with Gasteiger partial charge in [0.25, 0.3) is 0 Å². The maximum atomic E-state index is 10.7. The van der Waals surface area contributed by atoms with Crippen molar-refractivity contribution in [2.24, 2.45) is 0 Å². The molecule has 0 aliphatic carbocycles. The van der Waals surface area contributed by atoms with Crippen molar-refractivity contribution in [3.8, 4) is 0 Å². The molecule has 1 aromatic carbocycles. The lowest BCUT2D eigenvalue weighted by Crippen LogP contribution is -2.06. The zero-order valence-corrected chi connectivity index (χ0v) is 8.40. The summed E-state index contributed by atoms with van der Waals surface area (Å²) in [6, 6.07) is 4.66. The minimum absolute atomic E-state index is 0.0113. The van der Waals surface area contributed by atoms with Crippen molar-refractivity contribution in [2.45, 2.75) is 0 Å². The van der Waals surface area contributed by atoms with Crippen LogP contribution in [0.15, 0.2) is 18.2 Å². The Balaban J connectivity index is 2.34. The summed E-state index contributed by atoms with van der Waals surface area (Å²) in [7, 11) is 0. The molecule has 0 saturated carbocycles. The molecule has 0 atom stereocenters. The maximum Gasteiger partial charge on any atom is 0.335 e. The van der Waals surface area contributed by atoms with Gasteiger partial charge in [-0.05, 0) is 18.2 Å². The fourth-order valence-corrected chi connectivity index (χ4v) is 1.40. The number of carbonyl (C=O) groups is 1. The van der Waals surface area contributed by atoms with Crippen molar-refractivity contribution in [2.75, 3.05) is 18.5 Å². The number of nitrogens with zero attached hydrogens (tertiary/aromatic N) is 1. The third kappa shape index (κ3) is 1.96. The van der Waals surface area contributed by atoms with Crippen molar-refractivity contribution in [1.29, 1.82) is 0 Å². The SMILES string of the molecule is O=C(O)c1ccc2nc(NCCO)[nH]c2c1. The number of aliphatic hydroxyl groups is 1. The number of aromatic carboxylic acids is 1. The first-order chi connectivity index (χ1) is 7.70. The summed E-state index contributed by atoms with van der Waals surface area (Å²) in [5.41, 5.74) is 1.55. The Morgan fingerprint density at radius 2 is 2.31 bits per heavy atom. The number of aromatic amines is 1. The molecular weight excluding hydrogens is 210 g/mol. The van der Waals surface area contributed by atoms with Crippen LogP contribution < -0.4 is 5.32 Å². The molecule has 0 amide bonds. The molecule has 6 nitrogen and oxygen atoms in total. The van der Waals surface area contributed by atoms with E-state index in [-0.39, 0.29) is 12.2 Å². The fraction of sp³-hybridized carbons (Fsp3) is 0.200. The first-order valence-electron chi connectivity index (χ1n) is 4.78. The van der Waals surface area contributed by atoms with Gasteiger partial charge >= 0.3 is 5.97 Å². The van der Waals surface area contributed by atoms with Gasteiger partial charge in [0.05, 0.1) is 23.2 Å². The van der Waals surface area contributed by atoms with E-state index in [1.165, 1.54) is 12.1 Å². The van der Waals surface area contributed by atoms with Gasteiger partial charge in [0.15, 0.2) is 0 Å². The Morgan fingerprint density at radius 1 is 1.50 bits per heavy atom. The number of anilines is 1. The fourth-order valence-electron chi connectivity index (χ4n) is 1.40. The maximum absolute atomic E-state index is 10.7. The van der Waals surface area contributed by atoms with E-state index in [4.69, 9.17) is 10.2 Å². The number of fused-ring (bicyclic) bond motifs is 1. The van der Waals surface area contributed by atoms with E-state index in [0.29, 0.717) is 23.5 Å². The molecule has 0 bridgehead atoms. The molecule has 0 aliphatic heterocycles. The highest BCUT2D eigenvalue weighted by molar-refractivity contribution is 5.92. The van der Waals surface area contributed by atoms with E-state index < -0.39 is 5.97 Å². The summed E-state index contributed by atoms with van der Waals surface area (Å²) in [5.74, 6) is -0.451. The Bertz CT molecular complexity index is 521. The summed E-state index contributed by atoms with van der Waals surface area (Å²) >= 11 is 0. The molecule has 0 spiro atoms. The molecule has 1 heterocycles. The van der Waals surface area contributed by atoms with Crippen LogP contribution in [0.2, 0.25) is 0 Å². The monoisotopic (exact) mass is 221 g/mol. The number of hydrogen-bond donors (Lipinski definition) is 4. The first kappa shape index (κ1) is 10.4. The minimum atomic E-state index is -0.971. The number of aromatic nitrogens is 2. The average Bonchev–Trinajstić information content (AvgIpc) is 2.67. The molecule has 2 aromatic rings. The molecular formula is C10H11N3O3. The van der Waals surface area contributed by atoms with Crippen LogP contribution in [0.1, 0.15) is 10.4 Å². The number of hydrogen-bond acceptors (Lipinski definition) is 4.